The fraction of sp³-hybridized carbons (Fsp3) is 0.341. The molecular formula is C44H55N9O5S. The minimum absolute atomic E-state index is 0.110. The lowest BCUT2D eigenvalue weighted by atomic mass is 9.86. The third-order valence-corrected chi connectivity index (χ3v) is 10.6. The Morgan fingerprint density at radius 3 is 2.29 bits per heavy atom. The van der Waals surface area contributed by atoms with Crippen LogP contribution < -0.4 is 40.4 Å². The number of carbonyl (C=O) groups is 2. The van der Waals surface area contributed by atoms with Crippen LogP contribution in [-0.2, 0) is 16.4 Å². The molecule has 1 saturated heterocycles. The summed E-state index contributed by atoms with van der Waals surface area (Å²) in [4.78, 5) is 37.9. The minimum Gasteiger partial charge on any atom is -0.492 e. The average Bonchev–Trinajstić information content (AvgIpc) is 3.19. The van der Waals surface area contributed by atoms with E-state index in [1.165, 1.54) is 13.4 Å². The van der Waals surface area contributed by atoms with E-state index < -0.39 is 17.0 Å². The van der Waals surface area contributed by atoms with Crippen LogP contribution in [0, 0.1) is 0 Å². The predicted octanol–water partition coefficient (Wildman–Crippen LogP) is 7.47. The number of nitrogens with one attached hydrogen (secondary N) is 5. The highest BCUT2D eigenvalue weighted by molar-refractivity contribution is 7.85. The molecule has 4 aromatic carbocycles. The summed E-state index contributed by atoms with van der Waals surface area (Å²) in [6.07, 6.45) is 3.20. The van der Waals surface area contributed by atoms with Gasteiger partial charge in [0.2, 0.25) is 0 Å². The summed E-state index contributed by atoms with van der Waals surface area (Å²) in [7, 11) is 6.11. The van der Waals surface area contributed by atoms with Gasteiger partial charge in [0.25, 0.3) is 5.91 Å². The number of benzene rings is 4. The van der Waals surface area contributed by atoms with Gasteiger partial charge in [-0.3, -0.25) is 9.69 Å². The molecule has 0 aliphatic carbocycles. The largest absolute Gasteiger partial charge is 0.492 e. The highest BCUT2D eigenvalue weighted by atomic mass is 32.2. The van der Waals surface area contributed by atoms with E-state index in [-0.39, 0.29) is 11.3 Å². The lowest BCUT2D eigenvalue weighted by Gasteiger charge is -2.32. The highest BCUT2D eigenvalue weighted by Crippen LogP contribution is 2.40. The maximum Gasteiger partial charge on any atom is 0.323 e. The molecule has 0 bridgehead atoms. The summed E-state index contributed by atoms with van der Waals surface area (Å²) in [5, 5.41) is 13.9. The summed E-state index contributed by atoms with van der Waals surface area (Å²) >= 11 is 0. The van der Waals surface area contributed by atoms with Crippen molar-refractivity contribution in [1.29, 1.82) is 0 Å². The molecule has 2 heterocycles. The van der Waals surface area contributed by atoms with Gasteiger partial charge >= 0.3 is 6.03 Å². The van der Waals surface area contributed by atoms with E-state index in [1.54, 1.807) is 24.4 Å². The molecule has 6 rings (SSSR count). The van der Waals surface area contributed by atoms with Gasteiger partial charge in [-0.2, -0.15) is 0 Å². The number of amides is 3. The van der Waals surface area contributed by atoms with Crippen molar-refractivity contribution >= 4 is 68.0 Å². The Labute approximate surface area is 349 Å². The smallest absolute Gasteiger partial charge is 0.323 e. The number of likely N-dealkylation sites (N-methyl/N-ethyl adjacent to an activating group) is 1. The molecule has 312 valence electrons. The van der Waals surface area contributed by atoms with E-state index in [4.69, 9.17) is 9.47 Å². The Balaban J connectivity index is 1.15. The Morgan fingerprint density at radius 1 is 0.881 bits per heavy atom. The second kappa shape index (κ2) is 18.8. The van der Waals surface area contributed by atoms with Gasteiger partial charge < -0.3 is 45.3 Å². The van der Waals surface area contributed by atoms with Gasteiger partial charge in [-0.05, 0) is 66.6 Å². The quantitative estimate of drug-likeness (QED) is 0.0763. The Morgan fingerprint density at radius 2 is 1.59 bits per heavy atom. The van der Waals surface area contributed by atoms with Gasteiger partial charge in [0.15, 0.2) is 5.75 Å². The van der Waals surface area contributed by atoms with Crippen LogP contribution in [0.4, 0.5) is 39.0 Å². The molecular weight excluding hydrogens is 767 g/mol. The maximum atomic E-state index is 13.5. The normalized spacial score (nSPS) is 14.0. The molecule has 0 radical (unpaired) electrons. The van der Waals surface area contributed by atoms with Gasteiger partial charge in [0.05, 0.1) is 35.4 Å². The van der Waals surface area contributed by atoms with Crippen molar-refractivity contribution in [2.45, 2.75) is 26.2 Å². The molecule has 1 aliphatic heterocycles. The van der Waals surface area contributed by atoms with Crippen molar-refractivity contribution in [2.24, 2.45) is 0 Å². The Kier molecular flexibility index (Phi) is 13.6. The zero-order chi connectivity index (χ0) is 42.3. The number of methoxy groups -OCH3 is 1. The molecule has 0 saturated carbocycles. The number of pyridine rings is 1. The van der Waals surface area contributed by atoms with E-state index in [0.29, 0.717) is 52.2 Å². The number of ether oxygens (including phenoxy) is 2. The zero-order valence-corrected chi connectivity index (χ0v) is 35.9. The van der Waals surface area contributed by atoms with Crippen LogP contribution in [-0.4, -0.2) is 105 Å². The van der Waals surface area contributed by atoms with E-state index in [9.17, 15) is 13.8 Å². The van der Waals surface area contributed by atoms with Crippen LogP contribution in [0.25, 0.3) is 10.8 Å². The van der Waals surface area contributed by atoms with E-state index in [0.717, 1.165) is 60.4 Å². The first-order valence-electron chi connectivity index (χ1n) is 19.5. The zero-order valence-electron chi connectivity index (χ0n) is 35.1. The molecule has 59 heavy (non-hydrogen) atoms. The molecule has 5 N–H and O–H groups in total. The minimum atomic E-state index is -1.36. The highest BCUT2D eigenvalue weighted by Gasteiger charge is 2.22. The molecule has 1 aliphatic rings. The number of rotatable bonds is 14. The van der Waals surface area contributed by atoms with Gasteiger partial charge in [0, 0.05) is 88.3 Å². The molecule has 1 unspecified atom stereocenters. The lowest BCUT2D eigenvalue weighted by molar-refractivity contribution is 0.0941. The first-order chi connectivity index (χ1) is 28.2. The molecule has 15 heteroatoms. The van der Waals surface area contributed by atoms with Gasteiger partial charge in [0.1, 0.15) is 28.3 Å². The molecule has 3 amide bonds. The van der Waals surface area contributed by atoms with Crippen molar-refractivity contribution in [3.63, 3.8) is 0 Å². The van der Waals surface area contributed by atoms with Crippen LogP contribution in [0.2, 0.25) is 0 Å². The third kappa shape index (κ3) is 11.0. The van der Waals surface area contributed by atoms with Crippen LogP contribution in [0.3, 0.4) is 0 Å². The fourth-order valence-corrected chi connectivity index (χ4v) is 7.30. The van der Waals surface area contributed by atoms with Crippen LogP contribution in [0.5, 0.6) is 17.2 Å². The summed E-state index contributed by atoms with van der Waals surface area (Å²) in [6, 6.07) is 23.7. The van der Waals surface area contributed by atoms with E-state index >= 15 is 0 Å². The van der Waals surface area contributed by atoms with Crippen LogP contribution >= 0.6 is 0 Å². The summed E-state index contributed by atoms with van der Waals surface area (Å²) in [5.74, 6) is 1.96. The number of nitrogens with zero attached hydrogens (tertiary/aromatic N) is 4. The number of anilines is 6. The number of piperazine rings is 1. The number of carbonyl (C=O) groups excluding carboxylic acids is 2. The first kappa shape index (κ1) is 42.7. The fourth-order valence-electron chi connectivity index (χ4n) is 6.83. The molecule has 1 atom stereocenters. The topological polar surface area (TPSA) is 152 Å². The van der Waals surface area contributed by atoms with Crippen molar-refractivity contribution in [3.8, 4) is 17.2 Å². The lowest BCUT2D eigenvalue weighted by Crippen LogP contribution is -2.46. The Bertz CT molecular complexity index is 2320. The van der Waals surface area contributed by atoms with Crippen LogP contribution in [0.15, 0.2) is 85.1 Å². The van der Waals surface area contributed by atoms with E-state index in [1.807, 2.05) is 79.7 Å². The number of aromatic nitrogens is 1. The third-order valence-electron chi connectivity index (χ3n) is 10.1. The molecule has 0 spiro atoms. The van der Waals surface area contributed by atoms with Crippen molar-refractivity contribution in [2.75, 3.05) is 99.3 Å². The van der Waals surface area contributed by atoms with Gasteiger partial charge in [-0.1, -0.05) is 45.0 Å². The monoisotopic (exact) mass is 821 g/mol. The van der Waals surface area contributed by atoms with Crippen LogP contribution in [0.1, 0.15) is 36.7 Å². The predicted molar refractivity (Wildman–Crippen MR) is 241 cm³/mol. The Hall–Kier alpha value is -5.90. The second-order valence-electron chi connectivity index (χ2n) is 15.8. The molecule has 5 aromatic rings. The summed E-state index contributed by atoms with van der Waals surface area (Å²) < 4.78 is 27.1. The number of urea groups is 1. The van der Waals surface area contributed by atoms with Crippen molar-refractivity contribution in [3.05, 3.63) is 96.2 Å². The van der Waals surface area contributed by atoms with Gasteiger partial charge in [-0.25, -0.2) is 14.0 Å². The SMILES string of the molecule is COc1c(NC(=O)Nc2ccc(Oc3ccnc(Nc4ccc(C(=O)NCCN5CCN(C)CC5)c(N(C)C)c4)c3)c3ccccc23)cc(C(C)(C)C)cc1NS(C)=O. The number of hydrogen-bond donors (Lipinski definition) is 5. The van der Waals surface area contributed by atoms with E-state index in [2.05, 4.69) is 68.6 Å². The standard InChI is InChI=1S/C44H55N9O5S/c1-44(2,3)29-25-36(41(57-7)37(26-29)50-59(8)56)49-43(55)48-35-15-16-39(33-12-10-9-11-32(33)35)58-31-17-18-45-40(28-31)47-30-13-14-34(38(27-30)51(4)5)42(54)46-19-20-53-23-21-52(6)22-24-53/h9-18,25-28,50H,19-24H2,1-8H3,(H,45,47)(H,46,54)(H2,48,49,55). The molecule has 14 nitrogen and oxygen atoms in total. The van der Waals surface area contributed by atoms with Gasteiger partial charge in [-0.15, -0.1) is 0 Å². The number of hydrogen-bond acceptors (Lipinski definition) is 10. The first-order valence-corrected chi connectivity index (χ1v) is 21.1. The summed E-state index contributed by atoms with van der Waals surface area (Å²) in [5.41, 5.74) is 4.33. The van der Waals surface area contributed by atoms with Crippen molar-refractivity contribution in [1.82, 2.24) is 20.1 Å². The summed E-state index contributed by atoms with van der Waals surface area (Å²) in [6.45, 7) is 11.7. The molecule has 1 aromatic heterocycles. The molecule has 1 fully saturated rings. The maximum absolute atomic E-state index is 13.5. The average molecular weight is 822 g/mol. The number of fused-ring (bicyclic) bond motifs is 1. The second-order valence-corrected chi connectivity index (χ2v) is 16.9. The van der Waals surface area contributed by atoms with Crippen molar-refractivity contribution < 1.29 is 23.3 Å².